The Balaban J connectivity index is 1.50. The van der Waals surface area contributed by atoms with E-state index in [1.165, 1.54) is 0 Å². The van der Waals surface area contributed by atoms with Gasteiger partial charge in [0.25, 0.3) is 0 Å². The van der Waals surface area contributed by atoms with Crippen LogP contribution in [0.4, 0.5) is 0 Å². The molecule has 1 aliphatic heterocycles. The number of methoxy groups -OCH3 is 1. The minimum atomic E-state index is -0.000653. The number of rotatable bonds is 5. The van der Waals surface area contributed by atoms with E-state index in [0.29, 0.717) is 12.4 Å². The zero-order valence-corrected chi connectivity index (χ0v) is 15.3. The van der Waals surface area contributed by atoms with Gasteiger partial charge in [-0.15, -0.1) is 0 Å². The summed E-state index contributed by atoms with van der Waals surface area (Å²) >= 11 is 1.61. The highest BCUT2D eigenvalue weighted by atomic mass is 32.1. The normalized spacial score (nSPS) is 20.4. The van der Waals surface area contributed by atoms with Crippen molar-refractivity contribution in [2.75, 3.05) is 13.7 Å². The molecule has 0 bridgehead atoms. The molecule has 4 rings (SSSR count). The van der Waals surface area contributed by atoms with E-state index in [1.54, 1.807) is 18.4 Å². The highest BCUT2D eigenvalue weighted by molar-refractivity contribution is 7.16. The van der Waals surface area contributed by atoms with Gasteiger partial charge in [0.2, 0.25) is 10.8 Å². The average molecular weight is 359 g/mol. The summed E-state index contributed by atoms with van der Waals surface area (Å²) in [6, 6.07) is 4.12. The van der Waals surface area contributed by atoms with Crippen LogP contribution in [0.5, 0.6) is 5.88 Å². The second kappa shape index (κ2) is 6.70. The van der Waals surface area contributed by atoms with Gasteiger partial charge in [0.05, 0.1) is 24.6 Å². The maximum atomic E-state index is 5.94. The summed E-state index contributed by atoms with van der Waals surface area (Å²) in [5, 5.41) is 9.20. The van der Waals surface area contributed by atoms with Crippen LogP contribution >= 0.6 is 11.3 Å². The third kappa shape index (κ3) is 3.12. The summed E-state index contributed by atoms with van der Waals surface area (Å²) < 4.78 is 13.0. The molecular weight excluding hydrogens is 338 g/mol. The third-order valence-corrected chi connectivity index (χ3v) is 5.34. The number of aryl methyl sites for hydroxylation is 2. The largest absolute Gasteiger partial charge is 0.481 e. The van der Waals surface area contributed by atoms with E-state index < -0.39 is 0 Å². The molecule has 1 aliphatic rings. The van der Waals surface area contributed by atoms with Gasteiger partial charge in [0.15, 0.2) is 0 Å². The Hall–Kier alpha value is -2.03. The number of hydrogen-bond donors (Lipinski definition) is 1. The van der Waals surface area contributed by atoms with Gasteiger partial charge >= 0.3 is 0 Å². The Labute approximate surface area is 150 Å². The van der Waals surface area contributed by atoms with E-state index in [0.717, 1.165) is 39.9 Å². The first-order valence-electron chi connectivity index (χ1n) is 8.32. The Bertz CT molecular complexity index is 873. The lowest BCUT2D eigenvalue weighted by molar-refractivity contribution is 0.0980. The predicted octanol–water partition coefficient (Wildman–Crippen LogP) is 2.43. The van der Waals surface area contributed by atoms with Crippen LogP contribution < -0.4 is 10.1 Å². The van der Waals surface area contributed by atoms with E-state index in [-0.39, 0.29) is 12.1 Å². The van der Waals surface area contributed by atoms with Crippen molar-refractivity contribution in [1.82, 2.24) is 24.9 Å². The van der Waals surface area contributed by atoms with Gasteiger partial charge in [-0.25, -0.2) is 14.5 Å². The van der Waals surface area contributed by atoms with Crippen LogP contribution in [0.25, 0.3) is 4.96 Å². The van der Waals surface area contributed by atoms with Crippen molar-refractivity contribution < 1.29 is 9.47 Å². The molecule has 0 unspecified atom stereocenters. The molecule has 1 saturated heterocycles. The zero-order chi connectivity index (χ0) is 17.4. The molecule has 3 aromatic heterocycles. The zero-order valence-electron chi connectivity index (χ0n) is 14.5. The number of pyridine rings is 1. The van der Waals surface area contributed by atoms with E-state index >= 15 is 0 Å². The fourth-order valence-corrected chi connectivity index (χ4v) is 4.03. The maximum absolute atomic E-state index is 5.94. The molecule has 4 heterocycles. The fraction of sp³-hybridized carbons (Fsp3) is 0.471. The van der Waals surface area contributed by atoms with Gasteiger partial charge < -0.3 is 14.8 Å². The summed E-state index contributed by atoms with van der Waals surface area (Å²) in [7, 11) is 1.62. The lowest BCUT2D eigenvalue weighted by Gasteiger charge is -2.20. The molecule has 25 heavy (non-hydrogen) atoms. The molecule has 0 saturated carbocycles. The number of imidazole rings is 1. The van der Waals surface area contributed by atoms with E-state index in [4.69, 9.17) is 9.47 Å². The second-order valence-corrected chi connectivity index (χ2v) is 7.32. The Morgan fingerprint density at radius 2 is 2.28 bits per heavy atom. The van der Waals surface area contributed by atoms with Crippen molar-refractivity contribution in [3.8, 4) is 5.88 Å². The van der Waals surface area contributed by atoms with Crippen LogP contribution in [0.3, 0.4) is 0 Å². The SMILES string of the molecule is COc1ccc([C@H]2OCC[C@@H]2NCc2c(C)nc3sc(C)nn23)cn1. The van der Waals surface area contributed by atoms with Crippen LogP contribution in [-0.2, 0) is 11.3 Å². The molecule has 132 valence electrons. The van der Waals surface area contributed by atoms with E-state index in [9.17, 15) is 0 Å². The van der Waals surface area contributed by atoms with Crippen LogP contribution in [0.15, 0.2) is 18.3 Å². The number of hydrogen-bond acceptors (Lipinski definition) is 7. The Morgan fingerprint density at radius 3 is 3.04 bits per heavy atom. The van der Waals surface area contributed by atoms with Gasteiger partial charge in [-0.2, -0.15) is 5.10 Å². The number of nitrogens with zero attached hydrogens (tertiary/aromatic N) is 4. The van der Waals surface area contributed by atoms with Gasteiger partial charge in [-0.1, -0.05) is 11.3 Å². The quantitative estimate of drug-likeness (QED) is 0.754. The number of ether oxygens (including phenoxy) is 2. The molecular formula is C17H21N5O2S. The molecule has 0 spiro atoms. The van der Waals surface area contributed by atoms with Crippen molar-refractivity contribution in [2.45, 2.75) is 39.0 Å². The molecule has 0 aliphatic carbocycles. The van der Waals surface area contributed by atoms with Gasteiger partial charge in [0.1, 0.15) is 5.01 Å². The minimum Gasteiger partial charge on any atom is -0.481 e. The van der Waals surface area contributed by atoms with Gasteiger partial charge in [0, 0.05) is 37.0 Å². The number of nitrogens with one attached hydrogen (secondary N) is 1. The molecule has 2 atom stereocenters. The molecule has 0 amide bonds. The van der Waals surface area contributed by atoms with Crippen molar-refractivity contribution in [1.29, 1.82) is 0 Å². The number of fused-ring (bicyclic) bond motifs is 1. The lowest BCUT2D eigenvalue weighted by atomic mass is 10.0. The monoisotopic (exact) mass is 359 g/mol. The van der Waals surface area contributed by atoms with Crippen LogP contribution in [-0.4, -0.2) is 39.3 Å². The Morgan fingerprint density at radius 1 is 1.40 bits per heavy atom. The number of aromatic nitrogens is 4. The fourth-order valence-electron chi connectivity index (χ4n) is 3.23. The average Bonchev–Trinajstić information content (AvgIpc) is 3.28. The summed E-state index contributed by atoms with van der Waals surface area (Å²) in [6.07, 6.45) is 2.79. The summed E-state index contributed by atoms with van der Waals surface area (Å²) in [6.45, 7) is 5.49. The highest BCUT2D eigenvalue weighted by Crippen LogP contribution is 2.30. The standard InChI is InChI=1S/C17H21N5O2S/c1-10-14(22-17(20-10)25-11(2)21-22)9-18-13-6-7-24-16(13)12-4-5-15(23-3)19-8-12/h4-5,8,13,16,18H,6-7,9H2,1-3H3/t13-,16+/m0/s1. The van der Waals surface area contributed by atoms with Gasteiger partial charge in [-0.05, 0) is 26.3 Å². The third-order valence-electron chi connectivity index (χ3n) is 4.52. The first kappa shape index (κ1) is 16.4. The molecule has 3 aromatic rings. The molecule has 8 heteroatoms. The summed E-state index contributed by atoms with van der Waals surface area (Å²) in [4.78, 5) is 9.84. The second-order valence-electron chi connectivity index (χ2n) is 6.16. The van der Waals surface area contributed by atoms with E-state index in [1.807, 2.05) is 36.7 Å². The lowest BCUT2D eigenvalue weighted by Crippen LogP contribution is -2.32. The minimum absolute atomic E-state index is 0.000653. The topological polar surface area (TPSA) is 73.6 Å². The van der Waals surface area contributed by atoms with Crippen molar-refractivity contribution in [2.24, 2.45) is 0 Å². The molecule has 1 N–H and O–H groups in total. The smallest absolute Gasteiger partial charge is 0.212 e. The maximum Gasteiger partial charge on any atom is 0.212 e. The molecule has 0 radical (unpaired) electrons. The van der Waals surface area contributed by atoms with E-state index in [2.05, 4.69) is 20.4 Å². The van der Waals surface area contributed by atoms with Crippen molar-refractivity contribution in [3.63, 3.8) is 0 Å². The van der Waals surface area contributed by atoms with Crippen LogP contribution in [0.1, 0.15) is 34.5 Å². The Kier molecular flexibility index (Phi) is 4.41. The summed E-state index contributed by atoms with van der Waals surface area (Å²) in [5.74, 6) is 0.613. The highest BCUT2D eigenvalue weighted by Gasteiger charge is 2.30. The van der Waals surface area contributed by atoms with Gasteiger partial charge in [-0.3, -0.25) is 0 Å². The summed E-state index contributed by atoms with van der Waals surface area (Å²) in [5.41, 5.74) is 3.20. The first-order chi connectivity index (χ1) is 12.2. The van der Waals surface area contributed by atoms with Crippen molar-refractivity contribution in [3.05, 3.63) is 40.3 Å². The molecule has 0 aromatic carbocycles. The first-order valence-corrected chi connectivity index (χ1v) is 9.14. The predicted molar refractivity (Wildman–Crippen MR) is 95.1 cm³/mol. The van der Waals surface area contributed by atoms with Crippen LogP contribution in [0, 0.1) is 13.8 Å². The molecule has 7 nitrogen and oxygen atoms in total. The van der Waals surface area contributed by atoms with Crippen molar-refractivity contribution >= 4 is 16.3 Å². The van der Waals surface area contributed by atoms with Crippen LogP contribution in [0.2, 0.25) is 0 Å². The molecule has 1 fully saturated rings.